The van der Waals surface area contributed by atoms with Crippen molar-refractivity contribution in [3.05, 3.63) is 12.0 Å². The topological polar surface area (TPSA) is 35.5 Å². The molecule has 3 heteroatoms. The maximum atomic E-state index is 10.7. The summed E-state index contributed by atoms with van der Waals surface area (Å²) in [5.41, 5.74) is 0. The quantitative estimate of drug-likeness (QED) is 0.458. The minimum absolute atomic E-state index is 0.215. The lowest BCUT2D eigenvalue weighted by Gasteiger charge is -2.05. The summed E-state index contributed by atoms with van der Waals surface area (Å²) in [5, 5.41) is 0. The Bertz CT molecular complexity index is 221. The van der Waals surface area contributed by atoms with Crippen LogP contribution in [-0.2, 0) is 14.3 Å². The molecule has 0 aromatic heterocycles. The molecule has 0 saturated heterocycles. The Labute approximate surface area is 91.4 Å². The van der Waals surface area contributed by atoms with E-state index in [-0.39, 0.29) is 5.97 Å². The van der Waals surface area contributed by atoms with Gasteiger partial charge >= 0.3 is 5.97 Å². The van der Waals surface area contributed by atoms with Crippen molar-refractivity contribution in [2.24, 2.45) is 0 Å². The van der Waals surface area contributed by atoms with Crippen molar-refractivity contribution in [1.82, 2.24) is 0 Å². The fraction of sp³-hybridized carbons (Fsp3) is 0.750. The molecule has 0 saturated carbocycles. The van der Waals surface area contributed by atoms with Gasteiger partial charge in [-0.2, -0.15) is 0 Å². The van der Waals surface area contributed by atoms with Gasteiger partial charge in [-0.25, -0.2) is 0 Å². The van der Waals surface area contributed by atoms with Crippen molar-refractivity contribution < 1.29 is 14.3 Å². The molecular weight excluding hydrogens is 192 g/mol. The van der Waals surface area contributed by atoms with Gasteiger partial charge < -0.3 is 9.47 Å². The Morgan fingerprint density at radius 3 is 2.67 bits per heavy atom. The van der Waals surface area contributed by atoms with Crippen LogP contribution in [0.2, 0.25) is 0 Å². The van der Waals surface area contributed by atoms with Crippen LogP contribution in [0.15, 0.2) is 12.0 Å². The molecule has 0 atom stereocenters. The van der Waals surface area contributed by atoms with Gasteiger partial charge in [-0.05, 0) is 6.42 Å². The molecule has 0 unspecified atom stereocenters. The summed E-state index contributed by atoms with van der Waals surface area (Å²) in [6.45, 7) is 2.87. The molecule has 1 aliphatic rings. The van der Waals surface area contributed by atoms with Gasteiger partial charge in [0, 0.05) is 6.08 Å². The van der Waals surface area contributed by atoms with Gasteiger partial charge in [0.1, 0.15) is 0 Å². The van der Waals surface area contributed by atoms with Crippen LogP contribution >= 0.6 is 0 Å². The van der Waals surface area contributed by atoms with Crippen molar-refractivity contribution in [1.29, 1.82) is 0 Å². The average molecular weight is 212 g/mol. The van der Waals surface area contributed by atoms with E-state index in [1.54, 1.807) is 6.08 Å². The normalized spacial score (nSPS) is 15.0. The zero-order chi connectivity index (χ0) is 10.9. The van der Waals surface area contributed by atoms with E-state index in [1.165, 1.54) is 32.1 Å². The number of rotatable bonds is 8. The molecule has 86 valence electrons. The summed E-state index contributed by atoms with van der Waals surface area (Å²) in [7, 11) is 0. The molecule has 0 aliphatic carbocycles. The molecule has 1 aliphatic heterocycles. The molecule has 0 bridgehead atoms. The molecule has 0 aromatic carbocycles. The molecular formula is C12H20O3. The third-order valence-corrected chi connectivity index (χ3v) is 2.39. The van der Waals surface area contributed by atoms with Gasteiger partial charge in [-0.15, -0.1) is 0 Å². The Balaban J connectivity index is 1.87. The number of ether oxygens (including phenoxy) is 2. The number of esters is 1. The van der Waals surface area contributed by atoms with Crippen LogP contribution in [0, 0.1) is 0 Å². The van der Waals surface area contributed by atoms with Gasteiger partial charge in [0.05, 0.1) is 13.0 Å². The maximum Gasteiger partial charge on any atom is 0.317 e. The highest BCUT2D eigenvalue weighted by molar-refractivity contribution is 5.74. The number of cyclic esters (lactones) is 1. The van der Waals surface area contributed by atoms with E-state index in [0.29, 0.717) is 19.0 Å². The molecule has 0 spiro atoms. The first kappa shape index (κ1) is 12.1. The second-order valence-electron chi connectivity index (χ2n) is 3.82. The summed E-state index contributed by atoms with van der Waals surface area (Å²) in [4.78, 5) is 10.7. The van der Waals surface area contributed by atoms with E-state index in [0.717, 1.165) is 6.42 Å². The van der Waals surface area contributed by atoms with E-state index < -0.39 is 0 Å². The number of hydrogen-bond donors (Lipinski definition) is 0. The first-order valence-electron chi connectivity index (χ1n) is 5.86. The highest BCUT2D eigenvalue weighted by Crippen LogP contribution is 2.13. The number of hydrogen-bond acceptors (Lipinski definition) is 3. The first-order chi connectivity index (χ1) is 7.33. The Hall–Kier alpha value is -0.990. The van der Waals surface area contributed by atoms with E-state index in [4.69, 9.17) is 9.47 Å². The fourth-order valence-corrected chi connectivity index (χ4v) is 1.51. The predicted molar refractivity (Wildman–Crippen MR) is 58.1 cm³/mol. The van der Waals surface area contributed by atoms with Crippen molar-refractivity contribution in [3.63, 3.8) is 0 Å². The average Bonchev–Trinajstić information content (AvgIpc) is 2.63. The molecule has 1 rings (SSSR count). The van der Waals surface area contributed by atoms with Gasteiger partial charge in [0.15, 0.2) is 0 Å². The third-order valence-electron chi connectivity index (χ3n) is 2.39. The highest BCUT2D eigenvalue weighted by Gasteiger charge is 2.14. The minimum atomic E-state index is -0.215. The molecule has 1 heterocycles. The number of unbranched alkanes of at least 4 members (excludes halogenated alkanes) is 5. The van der Waals surface area contributed by atoms with Gasteiger partial charge in [-0.1, -0.05) is 39.0 Å². The molecule has 0 N–H and O–H groups in total. The third kappa shape index (κ3) is 5.45. The van der Waals surface area contributed by atoms with Crippen LogP contribution in [0.25, 0.3) is 0 Å². The van der Waals surface area contributed by atoms with Crippen LogP contribution in [0.5, 0.6) is 0 Å². The lowest BCUT2D eigenvalue weighted by molar-refractivity contribution is -0.141. The minimum Gasteiger partial charge on any atom is -0.465 e. The van der Waals surface area contributed by atoms with Crippen LogP contribution in [0.4, 0.5) is 0 Å². The van der Waals surface area contributed by atoms with Crippen LogP contribution < -0.4 is 0 Å². The van der Waals surface area contributed by atoms with Crippen LogP contribution in [0.1, 0.15) is 51.9 Å². The van der Waals surface area contributed by atoms with Crippen molar-refractivity contribution >= 4 is 5.97 Å². The summed E-state index contributed by atoms with van der Waals surface area (Å²) in [5.74, 6) is 0.182. The van der Waals surface area contributed by atoms with Gasteiger partial charge in [0.2, 0.25) is 0 Å². The maximum absolute atomic E-state index is 10.7. The fourth-order valence-electron chi connectivity index (χ4n) is 1.51. The Kier molecular flexibility index (Phi) is 5.90. The second-order valence-corrected chi connectivity index (χ2v) is 3.82. The monoisotopic (exact) mass is 212 g/mol. The van der Waals surface area contributed by atoms with Crippen molar-refractivity contribution in [2.75, 3.05) is 6.61 Å². The smallest absolute Gasteiger partial charge is 0.317 e. The standard InChI is InChI=1S/C12H20O3/c1-2-3-4-5-6-7-10-14-12-9-8-11(13)15-12/h9H,2-8,10H2,1H3. The largest absolute Gasteiger partial charge is 0.465 e. The Morgan fingerprint density at radius 1 is 1.27 bits per heavy atom. The molecule has 0 fully saturated rings. The zero-order valence-electron chi connectivity index (χ0n) is 9.46. The van der Waals surface area contributed by atoms with Gasteiger partial charge in [0.25, 0.3) is 5.95 Å². The Morgan fingerprint density at radius 2 is 2.00 bits per heavy atom. The lowest BCUT2D eigenvalue weighted by atomic mass is 10.1. The predicted octanol–water partition coefficient (Wildman–Crippen LogP) is 3.15. The highest BCUT2D eigenvalue weighted by atomic mass is 16.7. The number of carbonyl (C=O) groups is 1. The van der Waals surface area contributed by atoms with E-state index >= 15 is 0 Å². The van der Waals surface area contributed by atoms with Crippen LogP contribution in [0.3, 0.4) is 0 Å². The second kappa shape index (κ2) is 7.32. The molecule has 0 aromatic rings. The molecule has 15 heavy (non-hydrogen) atoms. The summed E-state index contributed by atoms with van der Waals surface area (Å²) < 4.78 is 10.1. The van der Waals surface area contributed by atoms with Crippen molar-refractivity contribution in [3.8, 4) is 0 Å². The van der Waals surface area contributed by atoms with E-state index in [2.05, 4.69) is 6.92 Å². The van der Waals surface area contributed by atoms with Crippen LogP contribution in [-0.4, -0.2) is 12.6 Å². The van der Waals surface area contributed by atoms with Gasteiger partial charge in [-0.3, -0.25) is 4.79 Å². The molecule has 3 nitrogen and oxygen atoms in total. The SMILES string of the molecule is CCCCCCCCOC1=CCC(=O)O1. The van der Waals surface area contributed by atoms with Crippen molar-refractivity contribution in [2.45, 2.75) is 51.9 Å². The summed E-state index contributed by atoms with van der Waals surface area (Å²) >= 11 is 0. The number of carbonyl (C=O) groups excluding carboxylic acids is 1. The first-order valence-corrected chi connectivity index (χ1v) is 5.86. The lowest BCUT2D eigenvalue weighted by Crippen LogP contribution is -1.99. The summed E-state index contributed by atoms with van der Waals surface area (Å²) in [6, 6.07) is 0. The molecule has 0 radical (unpaired) electrons. The summed E-state index contributed by atoms with van der Waals surface area (Å²) in [6.07, 6.45) is 9.47. The molecule has 0 amide bonds. The van der Waals surface area contributed by atoms with E-state index in [9.17, 15) is 4.79 Å². The zero-order valence-corrected chi connectivity index (χ0v) is 9.46. The van der Waals surface area contributed by atoms with E-state index in [1.807, 2.05) is 0 Å².